The topological polar surface area (TPSA) is 50.5 Å². The number of nitrogens with zero attached hydrogens (tertiary/aromatic N) is 1. The van der Waals surface area contributed by atoms with Crippen molar-refractivity contribution in [3.8, 4) is 0 Å². The molecule has 0 atom stereocenters. The molecular weight excluding hydrogens is 272 g/mol. The monoisotopic (exact) mass is 284 g/mol. The Hall–Kier alpha value is -2.45. The van der Waals surface area contributed by atoms with Gasteiger partial charge in [-0.25, -0.2) is 4.85 Å². The Kier molecular flexibility index (Phi) is 3.97. The average Bonchev–Trinajstić information content (AvgIpc) is 2.73. The van der Waals surface area contributed by atoms with Crippen LogP contribution in [0.2, 0.25) is 0 Å². The van der Waals surface area contributed by atoms with Gasteiger partial charge in [0.05, 0.1) is 6.57 Å². The number of aldehydes is 1. The number of hydrogen-bond donors (Lipinski definition) is 1. The van der Waals surface area contributed by atoms with Gasteiger partial charge in [0, 0.05) is 11.1 Å². The van der Waals surface area contributed by atoms with E-state index in [1.165, 1.54) is 11.3 Å². The zero-order valence-corrected chi connectivity index (χ0v) is 11.9. The Bertz CT molecular complexity index is 709. The van der Waals surface area contributed by atoms with Gasteiger partial charge in [-0.15, -0.1) is 11.3 Å². The van der Waals surface area contributed by atoms with Crippen LogP contribution in [0.5, 0.6) is 0 Å². The van der Waals surface area contributed by atoms with Crippen LogP contribution in [0.3, 0.4) is 0 Å². The molecule has 0 spiro atoms. The fraction of sp³-hybridized carbons (Fsp3) is 0.133. The van der Waals surface area contributed by atoms with E-state index in [0.717, 1.165) is 16.7 Å². The van der Waals surface area contributed by atoms with Crippen molar-refractivity contribution < 1.29 is 9.59 Å². The summed E-state index contributed by atoms with van der Waals surface area (Å²) >= 11 is 1.39. The third-order valence-electron chi connectivity index (χ3n) is 3.00. The Morgan fingerprint density at radius 3 is 2.50 bits per heavy atom. The molecule has 4 nitrogen and oxygen atoms in total. The van der Waals surface area contributed by atoms with Crippen LogP contribution in [0.15, 0.2) is 24.3 Å². The number of rotatable bonds is 3. The van der Waals surface area contributed by atoms with Crippen molar-refractivity contribution in [1.82, 2.24) is 0 Å². The lowest BCUT2D eigenvalue weighted by Crippen LogP contribution is -2.10. The van der Waals surface area contributed by atoms with Crippen LogP contribution in [0.25, 0.3) is 4.85 Å². The Morgan fingerprint density at radius 2 is 1.95 bits per heavy atom. The van der Waals surface area contributed by atoms with Crippen molar-refractivity contribution in [2.24, 2.45) is 0 Å². The van der Waals surface area contributed by atoms with E-state index in [4.69, 9.17) is 6.57 Å². The van der Waals surface area contributed by atoms with Crippen LogP contribution < -0.4 is 5.32 Å². The molecule has 1 N–H and O–H groups in total. The maximum atomic E-state index is 12.1. The summed E-state index contributed by atoms with van der Waals surface area (Å²) in [5.74, 6) is -0.284. The number of benzene rings is 1. The van der Waals surface area contributed by atoms with Crippen LogP contribution in [0.1, 0.15) is 31.2 Å². The minimum absolute atomic E-state index is 0.284. The second-order valence-corrected chi connectivity index (χ2v) is 5.49. The van der Waals surface area contributed by atoms with Crippen LogP contribution in [0, 0.1) is 20.4 Å². The van der Waals surface area contributed by atoms with E-state index in [-0.39, 0.29) is 5.91 Å². The normalized spacial score (nSPS) is 9.85. The molecule has 2 rings (SSSR count). The van der Waals surface area contributed by atoms with Gasteiger partial charge in [-0.1, -0.05) is 12.1 Å². The summed E-state index contributed by atoms with van der Waals surface area (Å²) in [5, 5.41) is 3.32. The number of aryl methyl sites for hydroxylation is 1. The van der Waals surface area contributed by atoms with Crippen molar-refractivity contribution in [2.75, 3.05) is 5.32 Å². The third kappa shape index (κ3) is 2.60. The van der Waals surface area contributed by atoms with Gasteiger partial charge in [-0.2, -0.15) is 0 Å². The quantitative estimate of drug-likeness (QED) is 0.684. The first-order chi connectivity index (χ1) is 9.56. The molecule has 20 heavy (non-hydrogen) atoms. The van der Waals surface area contributed by atoms with Gasteiger partial charge in [0.15, 0.2) is 0 Å². The number of amides is 1. The van der Waals surface area contributed by atoms with Gasteiger partial charge < -0.3 is 5.32 Å². The number of anilines is 1. The van der Waals surface area contributed by atoms with Crippen molar-refractivity contribution >= 4 is 34.2 Å². The Morgan fingerprint density at radius 1 is 1.30 bits per heavy atom. The van der Waals surface area contributed by atoms with E-state index in [9.17, 15) is 9.59 Å². The minimum Gasteiger partial charge on any atom is -0.322 e. The minimum atomic E-state index is -0.284. The van der Waals surface area contributed by atoms with Gasteiger partial charge in [-0.05, 0) is 36.4 Å². The van der Waals surface area contributed by atoms with E-state index in [1.54, 1.807) is 24.3 Å². The molecule has 0 aliphatic rings. The predicted molar refractivity (Wildman–Crippen MR) is 79.8 cm³/mol. The van der Waals surface area contributed by atoms with E-state index < -0.39 is 0 Å². The highest BCUT2D eigenvalue weighted by molar-refractivity contribution is 7.17. The summed E-state index contributed by atoms with van der Waals surface area (Å²) in [7, 11) is 0. The molecule has 5 heteroatoms. The molecule has 0 aliphatic heterocycles. The molecule has 0 saturated heterocycles. The lowest BCUT2D eigenvalue weighted by Gasteiger charge is -2.03. The molecule has 2 aromatic rings. The maximum Gasteiger partial charge on any atom is 0.255 e. The van der Waals surface area contributed by atoms with Gasteiger partial charge >= 0.3 is 0 Å². The lowest BCUT2D eigenvalue weighted by molar-refractivity contribution is 0.102. The molecule has 1 heterocycles. The molecule has 1 aromatic carbocycles. The largest absolute Gasteiger partial charge is 0.322 e. The second-order valence-electron chi connectivity index (χ2n) is 4.27. The van der Waals surface area contributed by atoms with Crippen molar-refractivity contribution in [3.63, 3.8) is 0 Å². The summed E-state index contributed by atoms with van der Waals surface area (Å²) < 4.78 is 0. The first kappa shape index (κ1) is 14.0. The zero-order valence-electron chi connectivity index (χ0n) is 11.1. The zero-order chi connectivity index (χ0) is 14.7. The average molecular weight is 284 g/mol. The number of hydrogen-bond acceptors (Lipinski definition) is 3. The van der Waals surface area contributed by atoms with Crippen molar-refractivity contribution in [3.05, 3.63) is 57.3 Å². The first-order valence-corrected chi connectivity index (χ1v) is 6.72. The highest BCUT2D eigenvalue weighted by Gasteiger charge is 2.15. The molecule has 0 fully saturated rings. The van der Waals surface area contributed by atoms with Gasteiger partial charge in [0.1, 0.15) is 11.3 Å². The Balaban J connectivity index is 2.25. The van der Waals surface area contributed by atoms with Crippen LogP contribution in [-0.4, -0.2) is 12.2 Å². The molecular formula is C15H12N2O2S. The Labute approximate surface area is 120 Å². The highest BCUT2D eigenvalue weighted by Crippen LogP contribution is 2.39. The van der Waals surface area contributed by atoms with Gasteiger partial charge in [0.25, 0.3) is 5.91 Å². The van der Waals surface area contributed by atoms with Gasteiger partial charge in [-0.3, -0.25) is 9.59 Å². The molecule has 0 radical (unpaired) electrons. The molecule has 1 aromatic heterocycles. The molecule has 100 valence electrons. The number of thiophene rings is 1. The molecule has 0 aliphatic carbocycles. The highest BCUT2D eigenvalue weighted by atomic mass is 32.1. The van der Waals surface area contributed by atoms with E-state index >= 15 is 0 Å². The molecule has 0 unspecified atom stereocenters. The van der Waals surface area contributed by atoms with Gasteiger partial charge in [0.2, 0.25) is 5.69 Å². The van der Waals surface area contributed by atoms with Crippen LogP contribution in [0.4, 0.5) is 10.7 Å². The summed E-state index contributed by atoms with van der Waals surface area (Å²) in [6, 6.07) is 6.35. The molecule has 0 bridgehead atoms. The standard InChI is InChI=1S/C15H12N2O2S/c1-9-10(2)20-15(13(9)16-3)17-14(19)12-6-4-11(8-18)5-7-12/h4-8H,1-2H3,(H,17,19). The number of carbonyl (C=O) groups excluding carboxylic acids is 2. The van der Waals surface area contributed by atoms with Crippen LogP contribution in [-0.2, 0) is 0 Å². The smallest absolute Gasteiger partial charge is 0.255 e. The third-order valence-corrected chi connectivity index (χ3v) is 4.11. The predicted octanol–water partition coefficient (Wildman–Crippen LogP) is 3.98. The van der Waals surface area contributed by atoms with Crippen molar-refractivity contribution in [1.29, 1.82) is 0 Å². The summed E-state index contributed by atoms with van der Waals surface area (Å²) in [6.45, 7) is 11.0. The van der Waals surface area contributed by atoms with E-state index in [0.29, 0.717) is 21.8 Å². The van der Waals surface area contributed by atoms with E-state index in [2.05, 4.69) is 10.2 Å². The lowest BCUT2D eigenvalue weighted by atomic mass is 10.1. The summed E-state index contributed by atoms with van der Waals surface area (Å²) in [4.78, 5) is 27.2. The van der Waals surface area contributed by atoms with E-state index in [1.807, 2.05) is 13.8 Å². The van der Waals surface area contributed by atoms with Crippen LogP contribution >= 0.6 is 11.3 Å². The number of nitrogens with one attached hydrogen (secondary N) is 1. The maximum absolute atomic E-state index is 12.1. The SMILES string of the molecule is [C-]#[N+]c1c(NC(=O)c2ccc(C=O)cc2)sc(C)c1C. The summed E-state index contributed by atoms with van der Waals surface area (Å²) in [5.41, 5.74) is 2.36. The molecule has 0 saturated carbocycles. The number of carbonyl (C=O) groups is 2. The van der Waals surface area contributed by atoms with Crippen molar-refractivity contribution in [2.45, 2.75) is 13.8 Å². The fourth-order valence-corrected chi connectivity index (χ4v) is 2.72. The summed E-state index contributed by atoms with van der Waals surface area (Å²) in [6.07, 6.45) is 0.727. The first-order valence-electron chi connectivity index (χ1n) is 5.91. The molecule has 1 amide bonds. The fourth-order valence-electron chi connectivity index (χ4n) is 1.72. The second kappa shape index (κ2) is 5.68.